The normalized spacial score (nSPS) is 12.2. The zero-order valence-electron chi connectivity index (χ0n) is 9.19. The van der Waals surface area contributed by atoms with E-state index in [2.05, 4.69) is 11.7 Å². The first-order valence-corrected chi connectivity index (χ1v) is 5.07. The molecule has 1 aromatic carbocycles. The first kappa shape index (κ1) is 11.7. The molecule has 0 aliphatic rings. The van der Waals surface area contributed by atoms with Crippen LogP contribution in [0.15, 0.2) is 24.3 Å². The van der Waals surface area contributed by atoms with Gasteiger partial charge in [-0.05, 0) is 36.6 Å². The third-order valence-corrected chi connectivity index (χ3v) is 2.50. The molecule has 0 amide bonds. The van der Waals surface area contributed by atoms with Crippen molar-refractivity contribution >= 4 is 5.97 Å². The van der Waals surface area contributed by atoms with Crippen molar-refractivity contribution in [1.82, 2.24) is 0 Å². The van der Waals surface area contributed by atoms with Gasteiger partial charge in [-0.3, -0.25) is 0 Å². The molecule has 1 rings (SSSR count). The summed E-state index contributed by atoms with van der Waals surface area (Å²) in [6, 6.07) is 7.47. The average Bonchev–Trinajstić information content (AvgIpc) is 2.28. The minimum atomic E-state index is -0.298. The second-order valence-electron chi connectivity index (χ2n) is 3.59. The third kappa shape index (κ3) is 3.06. The van der Waals surface area contributed by atoms with E-state index in [9.17, 15) is 4.79 Å². The molecule has 0 bridgehead atoms. The Labute approximate surface area is 90.2 Å². The fourth-order valence-corrected chi connectivity index (χ4v) is 1.48. The van der Waals surface area contributed by atoms with Crippen LogP contribution in [0.25, 0.3) is 0 Å². The van der Waals surface area contributed by atoms with Crippen molar-refractivity contribution in [3.8, 4) is 0 Å². The van der Waals surface area contributed by atoms with Crippen LogP contribution >= 0.6 is 0 Å². The lowest BCUT2D eigenvalue weighted by Crippen LogP contribution is -2.05. The van der Waals surface area contributed by atoms with Crippen LogP contribution in [0.5, 0.6) is 0 Å². The van der Waals surface area contributed by atoms with E-state index in [-0.39, 0.29) is 5.97 Å². The second kappa shape index (κ2) is 5.51. The highest BCUT2D eigenvalue weighted by Gasteiger charge is 2.07. The molecule has 0 fully saturated rings. The molecule has 1 aromatic rings. The highest BCUT2D eigenvalue weighted by atomic mass is 16.5. The van der Waals surface area contributed by atoms with Crippen molar-refractivity contribution in [2.24, 2.45) is 5.73 Å². The maximum Gasteiger partial charge on any atom is 0.337 e. The number of rotatable bonds is 4. The number of benzene rings is 1. The van der Waals surface area contributed by atoms with Crippen LogP contribution in [-0.2, 0) is 4.74 Å². The summed E-state index contributed by atoms with van der Waals surface area (Å²) in [6.45, 7) is 2.81. The summed E-state index contributed by atoms with van der Waals surface area (Å²) in [5.74, 6) is 0.134. The summed E-state index contributed by atoms with van der Waals surface area (Å²) >= 11 is 0. The molecular weight excluding hydrogens is 190 g/mol. The van der Waals surface area contributed by atoms with E-state index < -0.39 is 0 Å². The van der Waals surface area contributed by atoms with Crippen LogP contribution in [-0.4, -0.2) is 19.6 Å². The highest BCUT2D eigenvalue weighted by Crippen LogP contribution is 2.18. The Balaban J connectivity index is 2.76. The molecule has 2 N–H and O–H groups in total. The van der Waals surface area contributed by atoms with Crippen LogP contribution < -0.4 is 5.73 Å². The summed E-state index contributed by atoms with van der Waals surface area (Å²) in [5.41, 5.74) is 7.28. The minimum Gasteiger partial charge on any atom is -0.465 e. The summed E-state index contributed by atoms with van der Waals surface area (Å²) in [7, 11) is 1.38. The van der Waals surface area contributed by atoms with E-state index in [1.165, 1.54) is 12.7 Å². The predicted octanol–water partition coefficient (Wildman–Crippen LogP) is 1.93. The van der Waals surface area contributed by atoms with E-state index in [1.54, 1.807) is 12.1 Å². The SMILES string of the molecule is COC(=O)c1ccc(C(C)CCN)cc1. The van der Waals surface area contributed by atoms with Crippen molar-refractivity contribution in [3.63, 3.8) is 0 Å². The second-order valence-corrected chi connectivity index (χ2v) is 3.59. The molecule has 0 saturated heterocycles. The largest absolute Gasteiger partial charge is 0.465 e. The number of carbonyl (C=O) groups excluding carboxylic acids is 1. The van der Waals surface area contributed by atoms with Crippen LogP contribution in [0.3, 0.4) is 0 Å². The van der Waals surface area contributed by atoms with Gasteiger partial charge in [-0.25, -0.2) is 4.79 Å². The molecule has 1 atom stereocenters. The van der Waals surface area contributed by atoms with Crippen LogP contribution in [0.2, 0.25) is 0 Å². The highest BCUT2D eigenvalue weighted by molar-refractivity contribution is 5.89. The van der Waals surface area contributed by atoms with Crippen LogP contribution in [0.1, 0.15) is 35.2 Å². The Morgan fingerprint density at radius 3 is 2.47 bits per heavy atom. The van der Waals surface area contributed by atoms with Crippen molar-refractivity contribution in [2.45, 2.75) is 19.3 Å². The number of carbonyl (C=O) groups is 1. The summed E-state index contributed by atoms with van der Waals surface area (Å²) in [5, 5.41) is 0. The fraction of sp³-hybridized carbons (Fsp3) is 0.417. The van der Waals surface area contributed by atoms with Crippen molar-refractivity contribution < 1.29 is 9.53 Å². The lowest BCUT2D eigenvalue weighted by atomic mass is 9.97. The summed E-state index contributed by atoms with van der Waals surface area (Å²) in [6.07, 6.45) is 0.956. The molecule has 0 aliphatic carbocycles. The molecule has 0 spiro atoms. The number of ether oxygens (including phenoxy) is 1. The molecule has 3 heteroatoms. The Bertz CT molecular complexity index is 319. The number of esters is 1. The Hall–Kier alpha value is -1.35. The van der Waals surface area contributed by atoms with Crippen molar-refractivity contribution in [3.05, 3.63) is 35.4 Å². The van der Waals surface area contributed by atoms with Gasteiger partial charge in [0.25, 0.3) is 0 Å². The monoisotopic (exact) mass is 207 g/mol. The number of methoxy groups -OCH3 is 1. The van der Waals surface area contributed by atoms with E-state index in [1.807, 2.05) is 12.1 Å². The van der Waals surface area contributed by atoms with Crippen LogP contribution in [0.4, 0.5) is 0 Å². The van der Waals surface area contributed by atoms with Gasteiger partial charge in [-0.2, -0.15) is 0 Å². The standard InChI is InChI=1S/C12H17NO2/c1-9(7-8-13)10-3-5-11(6-4-10)12(14)15-2/h3-6,9H,7-8,13H2,1-2H3. The molecule has 3 nitrogen and oxygen atoms in total. The summed E-state index contributed by atoms with van der Waals surface area (Å²) < 4.78 is 4.63. The van der Waals surface area contributed by atoms with E-state index >= 15 is 0 Å². The van der Waals surface area contributed by atoms with Gasteiger partial charge >= 0.3 is 5.97 Å². The molecular formula is C12H17NO2. The van der Waals surface area contributed by atoms with Crippen LogP contribution in [0, 0.1) is 0 Å². The molecule has 0 aromatic heterocycles. The van der Waals surface area contributed by atoms with Gasteiger partial charge in [0.15, 0.2) is 0 Å². The lowest BCUT2D eigenvalue weighted by Gasteiger charge is -2.10. The Kier molecular flexibility index (Phi) is 4.31. The number of hydrogen-bond donors (Lipinski definition) is 1. The predicted molar refractivity (Wildman–Crippen MR) is 59.9 cm³/mol. The maximum absolute atomic E-state index is 11.2. The van der Waals surface area contributed by atoms with E-state index in [4.69, 9.17) is 5.73 Å². The van der Waals surface area contributed by atoms with Gasteiger partial charge < -0.3 is 10.5 Å². The smallest absolute Gasteiger partial charge is 0.337 e. The molecule has 0 radical (unpaired) electrons. The summed E-state index contributed by atoms with van der Waals surface area (Å²) in [4.78, 5) is 11.2. The first-order valence-electron chi connectivity index (χ1n) is 5.07. The quantitative estimate of drug-likeness (QED) is 0.767. The van der Waals surface area contributed by atoms with Gasteiger partial charge in [0.05, 0.1) is 12.7 Å². The van der Waals surface area contributed by atoms with Gasteiger partial charge in [0, 0.05) is 0 Å². The third-order valence-electron chi connectivity index (χ3n) is 2.50. The average molecular weight is 207 g/mol. The van der Waals surface area contributed by atoms with Gasteiger partial charge in [0.1, 0.15) is 0 Å². The molecule has 1 unspecified atom stereocenters. The molecule has 0 heterocycles. The first-order chi connectivity index (χ1) is 7.19. The van der Waals surface area contributed by atoms with Gasteiger partial charge in [-0.15, -0.1) is 0 Å². The van der Waals surface area contributed by atoms with Crippen molar-refractivity contribution in [1.29, 1.82) is 0 Å². The Morgan fingerprint density at radius 2 is 2.00 bits per heavy atom. The number of nitrogens with two attached hydrogens (primary N) is 1. The van der Waals surface area contributed by atoms with Gasteiger partial charge in [0.2, 0.25) is 0 Å². The number of hydrogen-bond acceptors (Lipinski definition) is 3. The molecule has 0 saturated carbocycles. The molecule has 15 heavy (non-hydrogen) atoms. The molecule has 0 aliphatic heterocycles. The fourth-order valence-electron chi connectivity index (χ4n) is 1.48. The topological polar surface area (TPSA) is 52.3 Å². The van der Waals surface area contributed by atoms with Gasteiger partial charge in [-0.1, -0.05) is 19.1 Å². The maximum atomic E-state index is 11.2. The zero-order valence-corrected chi connectivity index (χ0v) is 9.19. The minimum absolute atomic E-state index is 0.298. The van der Waals surface area contributed by atoms with E-state index in [0.29, 0.717) is 18.0 Å². The Morgan fingerprint density at radius 1 is 1.40 bits per heavy atom. The molecule has 82 valence electrons. The zero-order chi connectivity index (χ0) is 11.3. The van der Waals surface area contributed by atoms with Crippen molar-refractivity contribution in [2.75, 3.05) is 13.7 Å². The lowest BCUT2D eigenvalue weighted by molar-refractivity contribution is 0.0600. The van der Waals surface area contributed by atoms with E-state index in [0.717, 1.165) is 6.42 Å².